The van der Waals surface area contributed by atoms with E-state index in [-0.39, 0.29) is 18.9 Å². The van der Waals surface area contributed by atoms with Gasteiger partial charge in [0.1, 0.15) is 0 Å². The van der Waals surface area contributed by atoms with Gasteiger partial charge < -0.3 is 0 Å². The molecule has 0 unspecified atom stereocenters. The van der Waals surface area contributed by atoms with Gasteiger partial charge in [-0.15, -0.1) is 12.1 Å². The molecule has 0 aliphatic carbocycles. The predicted molar refractivity (Wildman–Crippen MR) is 43.1 cm³/mol. The Hall–Kier alpha value is 0.0374. The zero-order chi connectivity index (χ0) is 6.53. The van der Waals surface area contributed by atoms with Crippen molar-refractivity contribution in [1.82, 2.24) is 0 Å². The van der Waals surface area contributed by atoms with E-state index in [9.17, 15) is 0 Å². The Labute approximate surface area is 81.6 Å². The molecular formula is C8H6BrLi. The quantitative estimate of drug-likeness (QED) is 0.426. The van der Waals surface area contributed by atoms with Crippen LogP contribution in [0.1, 0.15) is 5.56 Å². The first-order valence-electron chi connectivity index (χ1n) is 2.68. The summed E-state index contributed by atoms with van der Waals surface area (Å²) in [5, 5.41) is 0. The Morgan fingerprint density at radius 3 is 2.30 bits per heavy atom. The van der Waals surface area contributed by atoms with Crippen LogP contribution in [-0.4, -0.2) is 0 Å². The van der Waals surface area contributed by atoms with Crippen LogP contribution < -0.4 is 18.9 Å². The van der Waals surface area contributed by atoms with E-state index in [2.05, 4.69) is 20.9 Å². The van der Waals surface area contributed by atoms with E-state index in [1.807, 2.05) is 36.4 Å². The van der Waals surface area contributed by atoms with Gasteiger partial charge in [-0.05, 0) is 0 Å². The molecule has 0 heterocycles. The van der Waals surface area contributed by atoms with Gasteiger partial charge in [-0.1, -0.05) is 18.2 Å². The first kappa shape index (κ1) is 10.0. The minimum atomic E-state index is 0. The average Bonchev–Trinajstić information content (AvgIpc) is 1.91. The minimum absolute atomic E-state index is 0. The standard InChI is InChI=1S/C8H6Br.Li/c9-7-6-8-4-2-1-3-5-8;/h1-6H;/q-1;+1. The SMILES string of the molecule is Br[C-]=Cc1ccccc1.[Li+]. The average molecular weight is 189 g/mol. The summed E-state index contributed by atoms with van der Waals surface area (Å²) in [4.78, 5) is 2.77. The summed E-state index contributed by atoms with van der Waals surface area (Å²) in [5.74, 6) is 0. The van der Waals surface area contributed by atoms with E-state index in [0.717, 1.165) is 5.56 Å². The molecule has 1 rings (SSSR count). The van der Waals surface area contributed by atoms with Crippen LogP contribution in [-0.2, 0) is 0 Å². The minimum Gasteiger partial charge on any atom is -0.220 e. The summed E-state index contributed by atoms with van der Waals surface area (Å²) in [6.45, 7) is 0. The molecule has 2 heteroatoms. The first-order valence-corrected chi connectivity index (χ1v) is 3.47. The van der Waals surface area contributed by atoms with Gasteiger partial charge >= 0.3 is 18.9 Å². The molecule has 46 valence electrons. The molecule has 0 saturated carbocycles. The second-order valence-corrected chi connectivity index (χ2v) is 2.12. The zero-order valence-corrected chi connectivity index (χ0v) is 7.43. The van der Waals surface area contributed by atoms with E-state index >= 15 is 0 Å². The van der Waals surface area contributed by atoms with Crippen LogP contribution in [0.3, 0.4) is 0 Å². The maximum absolute atomic E-state index is 3.08. The van der Waals surface area contributed by atoms with Crippen LogP contribution in [0.5, 0.6) is 0 Å². The fourth-order valence-electron chi connectivity index (χ4n) is 0.612. The van der Waals surface area contributed by atoms with Crippen LogP contribution >= 0.6 is 15.9 Å². The summed E-state index contributed by atoms with van der Waals surface area (Å²) in [7, 11) is 0. The van der Waals surface area contributed by atoms with E-state index in [4.69, 9.17) is 0 Å². The van der Waals surface area contributed by atoms with E-state index in [0.29, 0.717) is 0 Å². The van der Waals surface area contributed by atoms with Crippen molar-refractivity contribution in [2.45, 2.75) is 0 Å². The summed E-state index contributed by atoms with van der Waals surface area (Å²) >= 11 is 3.08. The van der Waals surface area contributed by atoms with Gasteiger partial charge in [0.2, 0.25) is 0 Å². The maximum Gasteiger partial charge on any atom is 1.00 e. The number of hydrogen-bond acceptors (Lipinski definition) is 0. The maximum atomic E-state index is 3.08. The Morgan fingerprint density at radius 2 is 1.80 bits per heavy atom. The molecule has 0 radical (unpaired) electrons. The monoisotopic (exact) mass is 188 g/mol. The molecule has 10 heavy (non-hydrogen) atoms. The number of rotatable bonds is 1. The van der Waals surface area contributed by atoms with Gasteiger partial charge in [-0.3, -0.25) is 0 Å². The van der Waals surface area contributed by atoms with Gasteiger partial charge in [-0.25, -0.2) is 11.1 Å². The molecular weight excluding hydrogens is 183 g/mol. The topological polar surface area (TPSA) is 0 Å². The molecule has 0 nitrogen and oxygen atoms in total. The van der Waals surface area contributed by atoms with Crippen molar-refractivity contribution in [3.05, 3.63) is 40.9 Å². The second kappa shape index (κ2) is 5.79. The van der Waals surface area contributed by atoms with Gasteiger partial charge in [-0.2, -0.15) is 21.5 Å². The zero-order valence-electron chi connectivity index (χ0n) is 5.84. The summed E-state index contributed by atoms with van der Waals surface area (Å²) < 4.78 is 0. The molecule has 0 aliphatic heterocycles. The van der Waals surface area contributed by atoms with Crippen LogP contribution in [0.25, 0.3) is 6.08 Å². The molecule has 0 amide bonds. The van der Waals surface area contributed by atoms with Crippen molar-refractivity contribution >= 4 is 22.0 Å². The Kier molecular flexibility index (Phi) is 5.82. The molecule has 0 bridgehead atoms. The fraction of sp³-hybridized carbons (Fsp3) is 0. The van der Waals surface area contributed by atoms with Gasteiger partial charge in [0.25, 0.3) is 0 Å². The third-order valence-corrected chi connectivity index (χ3v) is 1.25. The Balaban J connectivity index is 0.000000810. The third-order valence-electron chi connectivity index (χ3n) is 1.02. The van der Waals surface area contributed by atoms with Crippen molar-refractivity contribution in [3.63, 3.8) is 0 Å². The fourth-order valence-corrected chi connectivity index (χ4v) is 0.877. The molecule has 0 N–H and O–H groups in total. The third kappa shape index (κ3) is 3.27. The number of benzene rings is 1. The van der Waals surface area contributed by atoms with E-state index < -0.39 is 0 Å². The van der Waals surface area contributed by atoms with Crippen molar-refractivity contribution < 1.29 is 18.9 Å². The summed E-state index contributed by atoms with van der Waals surface area (Å²) in [6.07, 6.45) is 1.88. The van der Waals surface area contributed by atoms with Crippen molar-refractivity contribution in [3.8, 4) is 0 Å². The summed E-state index contributed by atoms with van der Waals surface area (Å²) in [5.41, 5.74) is 1.16. The largest absolute Gasteiger partial charge is 1.00 e. The molecule has 1 aromatic rings. The first-order chi connectivity index (χ1) is 4.43. The molecule has 0 fully saturated rings. The molecule has 1 aromatic carbocycles. The van der Waals surface area contributed by atoms with Gasteiger partial charge in [0.05, 0.1) is 0 Å². The van der Waals surface area contributed by atoms with Crippen LogP contribution in [0, 0.1) is 4.99 Å². The molecule has 0 saturated heterocycles. The molecule has 0 aromatic heterocycles. The Bertz CT molecular complexity index is 194. The van der Waals surface area contributed by atoms with Gasteiger partial charge in [0.15, 0.2) is 0 Å². The number of halogens is 1. The van der Waals surface area contributed by atoms with Crippen molar-refractivity contribution in [2.24, 2.45) is 0 Å². The van der Waals surface area contributed by atoms with Crippen LogP contribution in [0.15, 0.2) is 30.3 Å². The smallest absolute Gasteiger partial charge is 0.220 e. The Morgan fingerprint density at radius 1 is 1.20 bits per heavy atom. The van der Waals surface area contributed by atoms with Crippen molar-refractivity contribution in [1.29, 1.82) is 0 Å². The van der Waals surface area contributed by atoms with E-state index in [1.54, 1.807) is 0 Å². The molecule has 0 aliphatic rings. The van der Waals surface area contributed by atoms with Gasteiger partial charge in [0, 0.05) is 0 Å². The predicted octanol–water partition coefficient (Wildman–Crippen LogP) is -0.141. The van der Waals surface area contributed by atoms with E-state index in [1.165, 1.54) is 0 Å². The molecule has 0 atom stereocenters. The molecule has 0 spiro atoms. The normalized spacial score (nSPS) is 9.30. The van der Waals surface area contributed by atoms with Crippen LogP contribution in [0.2, 0.25) is 0 Å². The number of hydrogen-bond donors (Lipinski definition) is 0. The second-order valence-electron chi connectivity index (χ2n) is 1.66. The summed E-state index contributed by atoms with van der Waals surface area (Å²) in [6, 6.07) is 10.0. The van der Waals surface area contributed by atoms with Crippen molar-refractivity contribution in [2.75, 3.05) is 0 Å². The van der Waals surface area contributed by atoms with Crippen LogP contribution in [0.4, 0.5) is 0 Å².